The van der Waals surface area contributed by atoms with Gasteiger partial charge in [0.1, 0.15) is 18.5 Å². The summed E-state index contributed by atoms with van der Waals surface area (Å²) in [6.45, 7) is 3.84. The SMILES string of the molecule is Cc1cc(-n2cnnc2)cc(C)c1NC(=O)c1ccc(F)cc1. The molecule has 1 amide bonds. The lowest BCUT2D eigenvalue weighted by Crippen LogP contribution is -2.14. The molecule has 0 saturated carbocycles. The predicted molar refractivity (Wildman–Crippen MR) is 85.2 cm³/mol. The number of carbonyl (C=O) groups excluding carboxylic acids is 1. The van der Waals surface area contributed by atoms with E-state index in [1.807, 2.05) is 26.0 Å². The summed E-state index contributed by atoms with van der Waals surface area (Å²) in [4.78, 5) is 12.3. The number of aromatic nitrogens is 3. The maximum absolute atomic E-state index is 12.9. The molecule has 0 spiro atoms. The summed E-state index contributed by atoms with van der Waals surface area (Å²) >= 11 is 0. The van der Waals surface area contributed by atoms with E-state index in [9.17, 15) is 9.18 Å². The zero-order valence-electron chi connectivity index (χ0n) is 12.7. The zero-order valence-corrected chi connectivity index (χ0v) is 12.7. The number of hydrogen-bond donors (Lipinski definition) is 1. The van der Waals surface area contributed by atoms with E-state index in [1.165, 1.54) is 24.3 Å². The summed E-state index contributed by atoms with van der Waals surface area (Å²) in [6.07, 6.45) is 3.23. The van der Waals surface area contributed by atoms with Crippen LogP contribution < -0.4 is 5.32 Å². The van der Waals surface area contributed by atoms with Crippen molar-refractivity contribution in [2.45, 2.75) is 13.8 Å². The van der Waals surface area contributed by atoms with Gasteiger partial charge >= 0.3 is 0 Å². The molecule has 0 fully saturated rings. The van der Waals surface area contributed by atoms with Crippen molar-refractivity contribution in [2.24, 2.45) is 0 Å². The van der Waals surface area contributed by atoms with Gasteiger partial charge in [0.15, 0.2) is 0 Å². The average Bonchev–Trinajstić information content (AvgIpc) is 3.05. The van der Waals surface area contributed by atoms with Gasteiger partial charge in [0.2, 0.25) is 0 Å². The third-order valence-corrected chi connectivity index (χ3v) is 3.58. The molecule has 3 rings (SSSR count). The molecule has 0 atom stereocenters. The molecule has 6 heteroatoms. The molecule has 0 radical (unpaired) electrons. The van der Waals surface area contributed by atoms with Crippen molar-refractivity contribution in [3.05, 3.63) is 71.6 Å². The number of benzene rings is 2. The Labute approximate surface area is 132 Å². The molecular weight excluding hydrogens is 295 g/mol. The summed E-state index contributed by atoms with van der Waals surface area (Å²) in [5.41, 5.74) is 3.92. The Morgan fingerprint density at radius 2 is 1.61 bits per heavy atom. The highest BCUT2D eigenvalue weighted by atomic mass is 19.1. The minimum atomic E-state index is -0.368. The molecule has 2 aromatic carbocycles. The molecule has 0 aliphatic heterocycles. The number of anilines is 1. The van der Waals surface area contributed by atoms with Crippen LogP contribution in [0.2, 0.25) is 0 Å². The first-order valence-electron chi connectivity index (χ1n) is 7.08. The largest absolute Gasteiger partial charge is 0.322 e. The summed E-state index contributed by atoms with van der Waals surface area (Å²) in [6, 6.07) is 9.34. The topological polar surface area (TPSA) is 59.8 Å². The molecule has 3 aromatic rings. The van der Waals surface area contributed by atoms with Gasteiger partial charge in [-0.05, 0) is 61.4 Å². The van der Waals surface area contributed by atoms with Crippen molar-refractivity contribution in [1.82, 2.24) is 14.8 Å². The van der Waals surface area contributed by atoms with Crippen molar-refractivity contribution in [3.8, 4) is 5.69 Å². The van der Waals surface area contributed by atoms with Crippen molar-refractivity contribution >= 4 is 11.6 Å². The highest BCUT2D eigenvalue weighted by Gasteiger charge is 2.11. The number of aryl methyl sites for hydroxylation is 2. The quantitative estimate of drug-likeness (QED) is 0.807. The van der Waals surface area contributed by atoms with Gasteiger partial charge in [-0.2, -0.15) is 0 Å². The maximum Gasteiger partial charge on any atom is 0.255 e. The van der Waals surface area contributed by atoms with Crippen LogP contribution in [0.5, 0.6) is 0 Å². The fourth-order valence-electron chi connectivity index (χ4n) is 2.41. The summed E-state index contributed by atoms with van der Waals surface area (Å²) in [7, 11) is 0. The Morgan fingerprint density at radius 1 is 1.04 bits per heavy atom. The van der Waals surface area contributed by atoms with Crippen molar-refractivity contribution < 1.29 is 9.18 Å². The summed E-state index contributed by atoms with van der Waals surface area (Å²) in [5.74, 6) is -0.638. The Bertz CT molecular complexity index is 819. The molecular formula is C17H15FN4O. The smallest absolute Gasteiger partial charge is 0.255 e. The Balaban J connectivity index is 1.88. The highest BCUT2D eigenvalue weighted by Crippen LogP contribution is 2.24. The van der Waals surface area contributed by atoms with Crippen molar-refractivity contribution in [1.29, 1.82) is 0 Å². The number of carbonyl (C=O) groups is 1. The third kappa shape index (κ3) is 3.11. The summed E-state index contributed by atoms with van der Waals surface area (Å²) < 4.78 is 14.7. The van der Waals surface area contributed by atoms with E-state index in [-0.39, 0.29) is 11.7 Å². The van der Waals surface area contributed by atoms with Gasteiger partial charge in [-0.15, -0.1) is 10.2 Å². The molecule has 23 heavy (non-hydrogen) atoms. The van der Waals surface area contributed by atoms with Gasteiger partial charge in [0.25, 0.3) is 5.91 Å². The predicted octanol–water partition coefficient (Wildman–Crippen LogP) is 3.28. The van der Waals surface area contributed by atoms with Crippen LogP contribution in [-0.4, -0.2) is 20.7 Å². The van der Waals surface area contributed by atoms with Crippen molar-refractivity contribution in [2.75, 3.05) is 5.32 Å². The van der Waals surface area contributed by atoms with Gasteiger partial charge in [-0.3, -0.25) is 9.36 Å². The van der Waals surface area contributed by atoms with Crippen LogP contribution in [0.1, 0.15) is 21.5 Å². The number of nitrogens with one attached hydrogen (secondary N) is 1. The number of nitrogens with zero attached hydrogens (tertiary/aromatic N) is 3. The fraction of sp³-hybridized carbons (Fsp3) is 0.118. The number of amides is 1. The minimum Gasteiger partial charge on any atom is -0.322 e. The van der Waals surface area contributed by atoms with E-state index in [1.54, 1.807) is 17.2 Å². The normalized spacial score (nSPS) is 10.6. The van der Waals surface area contributed by atoms with Crippen LogP contribution in [0.15, 0.2) is 49.1 Å². The molecule has 0 aliphatic rings. The second-order valence-corrected chi connectivity index (χ2v) is 5.28. The molecule has 0 bridgehead atoms. The molecule has 116 valence electrons. The first-order chi connectivity index (χ1) is 11.0. The van der Waals surface area contributed by atoms with Gasteiger partial charge in [-0.1, -0.05) is 0 Å². The van der Waals surface area contributed by atoms with Gasteiger partial charge in [-0.25, -0.2) is 4.39 Å². The second kappa shape index (κ2) is 6.00. The van der Waals surface area contributed by atoms with Crippen LogP contribution in [0.4, 0.5) is 10.1 Å². The van der Waals surface area contributed by atoms with Gasteiger partial charge < -0.3 is 5.32 Å². The molecule has 0 aliphatic carbocycles. The third-order valence-electron chi connectivity index (χ3n) is 3.58. The molecule has 1 aromatic heterocycles. The lowest BCUT2D eigenvalue weighted by molar-refractivity contribution is 0.102. The number of halogens is 1. The molecule has 0 unspecified atom stereocenters. The lowest BCUT2D eigenvalue weighted by Gasteiger charge is -2.14. The lowest BCUT2D eigenvalue weighted by atomic mass is 10.1. The minimum absolute atomic E-state index is 0.270. The van der Waals surface area contributed by atoms with E-state index in [4.69, 9.17) is 0 Å². The van der Waals surface area contributed by atoms with Crippen LogP contribution in [0.3, 0.4) is 0 Å². The standard InChI is InChI=1S/C17H15FN4O/c1-11-7-15(22-9-19-20-10-22)8-12(2)16(11)21-17(23)13-3-5-14(18)6-4-13/h3-10H,1-2H3,(H,21,23). The molecule has 0 saturated heterocycles. The second-order valence-electron chi connectivity index (χ2n) is 5.28. The van der Waals surface area contributed by atoms with E-state index in [2.05, 4.69) is 15.5 Å². The maximum atomic E-state index is 12.9. The first kappa shape index (κ1) is 14.9. The van der Waals surface area contributed by atoms with E-state index in [0.29, 0.717) is 5.56 Å². The zero-order chi connectivity index (χ0) is 16.4. The Morgan fingerprint density at radius 3 is 2.17 bits per heavy atom. The monoisotopic (exact) mass is 310 g/mol. The fourth-order valence-corrected chi connectivity index (χ4v) is 2.41. The molecule has 1 heterocycles. The first-order valence-corrected chi connectivity index (χ1v) is 7.08. The van der Waals surface area contributed by atoms with Gasteiger partial charge in [0.05, 0.1) is 0 Å². The van der Waals surface area contributed by atoms with Crippen LogP contribution in [0.25, 0.3) is 5.69 Å². The summed E-state index contributed by atoms with van der Waals surface area (Å²) in [5, 5.41) is 10.5. The van der Waals surface area contributed by atoms with E-state index >= 15 is 0 Å². The van der Waals surface area contributed by atoms with Crippen LogP contribution in [0, 0.1) is 19.7 Å². The molecule has 1 N–H and O–H groups in total. The highest BCUT2D eigenvalue weighted by molar-refractivity contribution is 6.05. The Kier molecular flexibility index (Phi) is 3.89. The molecule has 5 nitrogen and oxygen atoms in total. The van der Waals surface area contributed by atoms with E-state index < -0.39 is 0 Å². The van der Waals surface area contributed by atoms with Gasteiger partial charge in [0, 0.05) is 16.9 Å². The van der Waals surface area contributed by atoms with Crippen molar-refractivity contribution in [3.63, 3.8) is 0 Å². The van der Waals surface area contributed by atoms with E-state index in [0.717, 1.165) is 22.5 Å². The van der Waals surface area contributed by atoms with Crippen LogP contribution in [-0.2, 0) is 0 Å². The number of rotatable bonds is 3. The average molecular weight is 310 g/mol. The number of hydrogen-bond acceptors (Lipinski definition) is 3. The Hall–Kier alpha value is -3.02. The van der Waals surface area contributed by atoms with Crippen LogP contribution >= 0.6 is 0 Å².